The molecule has 0 fully saturated rings. The number of halogens is 1. The Morgan fingerprint density at radius 2 is 1.98 bits per heavy atom. The molecule has 0 saturated heterocycles. The summed E-state index contributed by atoms with van der Waals surface area (Å²) in [7, 11) is 2.85. The lowest BCUT2D eigenvalue weighted by Crippen LogP contribution is -2.56. The fourth-order valence-electron chi connectivity index (χ4n) is 4.81. The second-order valence-electron chi connectivity index (χ2n) is 9.64. The monoisotopic (exact) mass is 706 g/mol. The molecule has 0 aliphatic heterocycles. The third-order valence-electron chi connectivity index (χ3n) is 6.93. The largest absolute Gasteiger partial charge is 0.493 e. The molecule has 3 unspecified atom stereocenters. The minimum absolute atomic E-state index is 0.0156. The van der Waals surface area contributed by atoms with Crippen molar-refractivity contribution in [2.75, 3.05) is 40.5 Å². The van der Waals surface area contributed by atoms with Gasteiger partial charge in [-0.2, -0.15) is 0 Å². The predicted molar refractivity (Wildman–Crippen MR) is 164 cm³/mol. The smallest absolute Gasteiger partial charge is 0.349 e. The number of methoxy groups -OCH3 is 2. The topological polar surface area (TPSA) is 165 Å². The van der Waals surface area contributed by atoms with Gasteiger partial charge in [-0.05, 0) is 52.9 Å². The summed E-state index contributed by atoms with van der Waals surface area (Å²) in [5.74, 6) is -0.806. The van der Waals surface area contributed by atoms with Crippen LogP contribution in [0.5, 0.6) is 11.5 Å². The van der Waals surface area contributed by atoms with Gasteiger partial charge >= 0.3 is 5.63 Å². The quantitative estimate of drug-likeness (QED) is 0.144. The van der Waals surface area contributed by atoms with E-state index in [1.807, 2.05) is 22.6 Å². The minimum atomic E-state index is -1.38. The number of hydrogen-bond acceptors (Lipinski definition) is 10. The summed E-state index contributed by atoms with van der Waals surface area (Å²) in [5.41, 5.74) is -0.251. The van der Waals surface area contributed by atoms with Crippen molar-refractivity contribution in [3.05, 3.63) is 79.2 Å². The van der Waals surface area contributed by atoms with E-state index in [4.69, 9.17) is 18.6 Å². The molecular weight excluding hydrogens is 675 g/mol. The first-order valence-corrected chi connectivity index (χ1v) is 14.4. The highest BCUT2D eigenvalue weighted by Crippen LogP contribution is 2.37. The number of fused-ring (bicyclic) bond motifs is 1. The van der Waals surface area contributed by atoms with Gasteiger partial charge in [0.1, 0.15) is 29.6 Å². The van der Waals surface area contributed by atoms with E-state index in [1.165, 1.54) is 37.3 Å². The number of aliphatic hydroxyl groups excluding tert-OH is 2. The van der Waals surface area contributed by atoms with Gasteiger partial charge < -0.3 is 39.1 Å². The molecule has 2 aromatic carbocycles. The molecule has 3 atom stereocenters. The molecule has 0 spiro atoms. The third-order valence-corrected chi connectivity index (χ3v) is 7.73. The van der Waals surface area contributed by atoms with Crippen LogP contribution in [-0.4, -0.2) is 92.0 Å². The van der Waals surface area contributed by atoms with Crippen LogP contribution in [0.3, 0.4) is 0 Å². The summed E-state index contributed by atoms with van der Waals surface area (Å²) in [4.78, 5) is 52.6. The lowest BCUT2D eigenvalue weighted by Gasteiger charge is -2.40. The number of carbonyl (C=O) groups excluding carboxylic acids is 3. The Labute approximate surface area is 260 Å². The van der Waals surface area contributed by atoms with Crippen molar-refractivity contribution < 1.29 is 43.2 Å². The maximum absolute atomic E-state index is 13.9. The standard InChI is InChI=1S/C30H31IN2O10/c1-40-10-8-33(29(38)20-13-18-5-3-4-6-23(18)43-30(20)39)22-14-19(28(37)32-7-9-34)15-24(26(22)36)42-27-21(31)11-17(16-35)12-25(27)41-2/h3-6,11-13,15-16,22,24,26,34,36H,7-10,14H2,1-2H3,(H,32,37). The van der Waals surface area contributed by atoms with E-state index in [1.54, 1.807) is 30.3 Å². The summed E-state index contributed by atoms with van der Waals surface area (Å²) in [5, 5.41) is 24.0. The van der Waals surface area contributed by atoms with Crippen molar-refractivity contribution in [2.24, 2.45) is 0 Å². The van der Waals surface area contributed by atoms with Gasteiger partial charge in [-0.25, -0.2) is 4.79 Å². The Kier molecular flexibility index (Phi) is 10.9. The van der Waals surface area contributed by atoms with Crippen LogP contribution in [0.25, 0.3) is 11.0 Å². The zero-order valence-electron chi connectivity index (χ0n) is 23.4. The highest BCUT2D eigenvalue weighted by molar-refractivity contribution is 14.1. The van der Waals surface area contributed by atoms with Crippen molar-refractivity contribution >= 4 is 51.7 Å². The zero-order valence-corrected chi connectivity index (χ0v) is 25.6. The maximum Gasteiger partial charge on any atom is 0.349 e. The Bertz CT molecular complexity index is 1590. The predicted octanol–water partition coefficient (Wildman–Crippen LogP) is 1.92. The van der Waals surface area contributed by atoms with E-state index >= 15 is 0 Å². The SMILES string of the molecule is COCCN(C(=O)c1cc2ccccc2oc1=O)C1CC(C(=O)NCCO)=CC(Oc2c(I)cc(C=O)cc2OC)C1O. The van der Waals surface area contributed by atoms with E-state index in [0.29, 0.717) is 26.4 Å². The number of amides is 2. The number of nitrogens with one attached hydrogen (secondary N) is 1. The molecular formula is C30H31IN2O10. The van der Waals surface area contributed by atoms with Gasteiger partial charge in [0.15, 0.2) is 11.5 Å². The molecule has 1 aromatic heterocycles. The Balaban J connectivity index is 1.77. The van der Waals surface area contributed by atoms with Crippen LogP contribution >= 0.6 is 22.6 Å². The molecule has 43 heavy (non-hydrogen) atoms. The Hall–Kier alpha value is -3.79. The minimum Gasteiger partial charge on any atom is -0.493 e. The molecule has 3 aromatic rings. The molecule has 228 valence electrons. The molecule has 4 rings (SSSR count). The number of benzene rings is 2. The molecule has 2 amide bonds. The molecule has 1 aliphatic carbocycles. The Morgan fingerprint density at radius 1 is 1.21 bits per heavy atom. The molecule has 12 nitrogen and oxygen atoms in total. The van der Waals surface area contributed by atoms with Crippen molar-refractivity contribution in [3.8, 4) is 11.5 Å². The number of rotatable bonds is 12. The van der Waals surface area contributed by atoms with Gasteiger partial charge in [0.25, 0.3) is 5.91 Å². The number of aldehydes is 1. The fraction of sp³-hybridized carbons (Fsp3) is 0.333. The van der Waals surface area contributed by atoms with E-state index in [0.717, 1.165) is 0 Å². The molecule has 0 radical (unpaired) electrons. The van der Waals surface area contributed by atoms with Crippen LogP contribution in [0.2, 0.25) is 0 Å². The van der Waals surface area contributed by atoms with Gasteiger partial charge in [-0.1, -0.05) is 18.2 Å². The summed E-state index contributed by atoms with van der Waals surface area (Å²) in [6.45, 7) is -0.275. The lowest BCUT2D eigenvalue weighted by molar-refractivity contribution is -0.118. The molecule has 1 aliphatic rings. The van der Waals surface area contributed by atoms with Crippen LogP contribution in [0, 0.1) is 3.57 Å². The normalized spacial score (nSPS) is 18.1. The van der Waals surface area contributed by atoms with Crippen molar-refractivity contribution in [1.82, 2.24) is 10.2 Å². The highest BCUT2D eigenvalue weighted by atomic mass is 127. The second kappa shape index (κ2) is 14.6. The van der Waals surface area contributed by atoms with Gasteiger partial charge in [0.05, 0.1) is 29.9 Å². The highest BCUT2D eigenvalue weighted by Gasteiger charge is 2.41. The van der Waals surface area contributed by atoms with Gasteiger partial charge in [-0.15, -0.1) is 0 Å². The number of hydrogen-bond donors (Lipinski definition) is 3. The average Bonchev–Trinajstić information content (AvgIpc) is 3.01. The molecule has 0 saturated carbocycles. The number of nitrogens with zero attached hydrogens (tertiary/aromatic N) is 1. The first-order chi connectivity index (χ1) is 20.7. The number of para-hydroxylation sites is 1. The van der Waals surface area contributed by atoms with Gasteiger partial charge in [-0.3, -0.25) is 14.4 Å². The first-order valence-electron chi connectivity index (χ1n) is 13.3. The maximum atomic E-state index is 13.9. The average molecular weight is 706 g/mol. The van der Waals surface area contributed by atoms with Crippen LogP contribution in [0.1, 0.15) is 27.1 Å². The molecule has 13 heteroatoms. The second-order valence-corrected chi connectivity index (χ2v) is 10.8. The van der Waals surface area contributed by atoms with Crippen LogP contribution in [0.4, 0.5) is 0 Å². The third kappa shape index (κ3) is 7.24. The molecule has 3 N–H and O–H groups in total. The molecule has 1 heterocycles. The molecule has 0 bridgehead atoms. The van der Waals surface area contributed by atoms with Crippen LogP contribution in [-0.2, 0) is 9.53 Å². The Morgan fingerprint density at radius 3 is 2.67 bits per heavy atom. The summed E-state index contributed by atoms with van der Waals surface area (Å²) >= 11 is 1.96. The first kappa shape index (κ1) is 32.1. The summed E-state index contributed by atoms with van der Waals surface area (Å²) < 4.78 is 22.7. The zero-order chi connectivity index (χ0) is 31.1. The summed E-state index contributed by atoms with van der Waals surface area (Å²) in [6, 6.07) is 10.2. The van der Waals surface area contributed by atoms with Gasteiger partial charge in [0, 0.05) is 43.1 Å². The fourth-order valence-corrected chi connectivity index (χ4v) is 5.56. The number of carbonyl (C=O) groups is 3. The van der Waals surface area contributed by atoms with Crippen molar-refractivity contribution in [2.45, 2.75) is 24.7 Å². The lowest BCUT2D eigenvalue weighted by atomic mass is 9.87. The van der Waals surface area contributed by atoms with Crippen molar-refractivity contribution in [1.29, 1.82) is 0 Å². The summed E-state index contributed by atoms with van der Waals surface area (Å²) in [6.07, 6.45) is -0.532. The number of ether oxygens (including phenoxy) is 3. The van der Waals surface area contributed by atoms with E-state index < -0.39 is 35.7 Å². The van der Waals surface area contributed by atoms with E-state index in [9.17, 15) is 29.4 Å². The van der Waals surface area contributed by atoms with E-state index in [2.05, 4.69) is 5.32 Å². The number of aliphatic hydroxyl groups is 2. The van der Waals surface area contributed by atoms with Crippen LogP contribution < -0.4 is 20.4 Å². The van der Waals surface area contributed by atoms with E-state index in [-0.39, 0.29) is 55.4 Å². The van der Waals surface area contributed by atoms with Gasteiger partial charge in [0.2, 0.25) is 5.91 Å². The van der Waals surface area contributed by atoms with Crippen LogP contribution in [0.15, 0.2) is 63.3 Å². The van der Waals surface area contributed by atoms with Crippen molar-refractivity contribution in [3.63, 3.8) is 0 Å².